The zero-order chi connectivity index (χ0) is 21.9. The van der Waals surface area contributed by atoms with Crippen LogP contribution in [0.1, 0.15) is 29.8 Å². The lowest BCUT2D eigenvalue weighted by atomic mass is 10.2. The van der Waals surface area contributed by atoms with Crippen molar-refractivity contribution in [2.75, 3.05) is 26.5 Å². The summed E-state index contributed by atoms with van der Waals surface area (Å²) in [6.45, 7) is 7.62. The van der Waals surface area contributed by atoms with E-state index in [-0.39, 0.29) is 0 Å². The first-order valence-electron chi connectivity index (χ1n) is 8.98. The molecule has 2 atom stereocenters. The van der Waals surface area contributed by atoms with E-state index < -0.39 is 14.7 Å². The highest BCUT2D eigenvalue weighted by molar-refractivity contribution is 7.66. The smallest absolute Gasteiger partial charge is 0.229 e. The molecule has 2 rings (SSSR count). The maximum absolute atomic E-state index is 12.0. The van der Waals surface area contributed by atoms with Gasteiger partial charge < -0.3 is 14.3 Å². The first kappa shape index (κ1) is 25.0. The summed E-state index contributed by atoms with van der Waals surface area (Å²) >= 11 is 0. The lowest BCUT2D eigenvalue weighted by Crippen LogP contribution is -2.06. The average Bonchev–Trinajstić information content (AvgIpc) is 2.69. The summed E-state index contributed by atoms with van der Waals surface area (Å²) in [5, 5.41) is 12.5. The Morgan fingerprint density at radius 3 is 1.52 bits per heavy atom. The molecule has 2 aromatic carbocycles. The molecule has 9 heteroatoms. The van der Waals surface area contributed by atoms with Gasteiger partial charge in [0.1, 0.15) is 6.29 Å². The summed E-state index contributed by atoms with van der Waals surface area (Å²) in [5.41, 5.74) is 1.32. The van der Waals surface area contributed by atoms with E-state index in [0.29, 0.717) is 29.4 Å². The number of nitrogens with zero attached hydrogens (tertiary/aromatic N) is 1. The first-order chi connectivity index (χ1) is 13.7. The summed E-state index contributed by atoms with van der Waals surface area (Å²) in [4.78, 5) is 10.4. The zero-order valence-corrected chi connectivity index (χ0v) is 18.8. The van der Waals surface area contributed by atoms with Crippen LogP contribution in [0.3, 0.4) is 0 Å². The van der Waals surface area contributed by atoms with Crippen molar-refractivity contribution in [2.45, 2.75) is 13.8 Å². The van der Waals surface area contributed by atoms with Crippen molar-refractivity contribution in [3.05, 3.63) is 59.7 Å². The summed E-state index contributed by atoms with van der Waals surface area (Å²) in [5.74, 6) is 0. The number of carbonyl (C=O) groups excluding carboxylic acids is 1. The lowest BCUT2D eigenvalue weighted by molar-refractivity contribution is 0.112. The topological polar surface area (TPSA) is 102 Å². The van der Waals surface area contributed by atoms with Crippen LogP contribution >= 0.6 is 14.7 Å². The normalized spacial score (nSPS) is 15.0. The molecule has 0 aliphatic heterocycles. The molecule has 1 N–H and O–H groups in total. The van der Waals surface area contributed by atoms with Gasteiger partial charge in [-0.15, -0.1) is 0 Å². The number of rotatable bonds is 8. The van der Waals surface area contributed by atoms with Gasteiger partial charge in [-0.05, 0) is 43.7 Å². The molecular formula is C20H27NO6P2. The van der Waals surface area contributed by atoms with E-state index in [4.69, 9.17) is 14.3 Å². The minimum atomic E-state index is -2.69. The zero-order valence-electron chi connectivity index (χ0n) is 17.0. The third kappa shape index (κ3) is 8.08. The quantitative estimate of drug-likeness (QED) is 0.218. The Hall–Kier alpha value is -2.04. The maximum Gasteiger partial charge on any atom is 0.229 e. The Kier molecular flexibility index (Phi) is 10.2. The molecule has 7 nitrogen and oxygen atoms in total. The van der Waals surface area contributed by atoms with Crippen LogP contribution in [0.5, 0.6) is 0 Å². The Morgan fingerprint density at radius 1 is 0.828 bits per heavy atom. The van der Waals surface area contributed by atoms with Crippen LogP contribution in [-0.4, -0.2) is 44.3 Å². The van der Waals surface area contributed by atoms with Crippen molar-refractivity contribution < 1.29 is 28.2 Å². The number of oxime groups is 1. The van der Waals surface area contributed by atoms with Gasteiger partial charge in [0.05, 0.1) is 19.4 Å². The van der Waals surface area contributed by atoms with Gasteiger partial charge in [0.15, 0.2) is 0 Å². The van der Waals surface area contributed by atoms with Crippen LogP contribution < -0.4 is 10.6 Å². The monoisotopic (exact) mass is 439 g/mol. The van der Waals surface area contributed by atoms with Crippen LogP contribution in [0.4, 0.5) is 0 Å². The predicted molar refractivity (Wildman–Crippen MR) is 117 cm³/mol. The molecule has 2 aromatic rings. The van der Waals surface area contributed by atoms with Crippen molar-refractivity contribution in [2.24, 2.45) is 5.16 Å². The molecule has 0 radical (unpaired) electrons. The van der Waals surface area contributed by atoms with E-state index in [0.717, 1.165) is 11.8 Å². The van der Waals surface area contributed by atoms with Crippen LogP contribution in [0.25, 0.3) is 0 Å². The fourth-order valence-electron chi connectivity index (χ4n) is 2.36. The van der Waals surface area contributed by atoms with Gasteiger partial charge in [0, 0.05) is 29.5 Å². The van der Waals surface area contributed by atoms with Crippen LogP contribution in [0.2, 0.25) is 0 Å². The molecule has 0 spiro atoms. The average molecular weight is 439 g/mol. The molecular weight excluding hydrogens is 412 g/mol. The van der Waals surface area contributed by atoms with Gasteiger partial charge in [-0.25, -0.2) is 0 Å². The van der Waals surface area contributed by atoms with Crippen LogP contribution in [-0.2, 0) is 18.2 Å². The molecule has 2 unspecified atom stereocenters. The van der Waals surface area contributed by atoms with Gasteiger partial charge in [0.2, 0.25) is 14.7 Å². The van der Waals surface area contributed by atoms with E-state index in [1.54, 1.807) is 68.8 Å². The number of aldehydes is 1. The van der Waals surface area contributed by atoms with Crippen molar-refractivity contribution in [3.8, 4) is 0 Å². The standard InChI is InChI=1S/C10H14NO3P.C10H13O3P/c1-3-14-15(2,13)10-6-4-9(5-7-10)8-11-12;1-3-13-14(2,12)10-6-4-9(8-11)5-7-10/h4-8,12H,3H2,1-2H3;4-8H,3H2,1-2H3/b11-8+;. The molecule has 0 bridgehead atoms. The second-order valence-corrected chi connectivity index (χ2v) is 11.0. The van der Waals surface area contributed by atoms with Gasteiger partial charge in [-0.2, -0.15) is 0 Å². The summed E-state index contributed by atoms with van der Waals surface area (Å²) < 4.78 is 34.2. The molecule has 0 aliphatic carbocycles. The molecule has 0 aromatic heterocycles. The van der Waals surface area contributed by atoms with Crippen LogP contribution in [0.15, 0.2) is 53.7 Å². The number of benzene rings is 2. The van der Waals surface area contributed by atoms with E-state index in [1.165, 1.54) is 6.21 Å². The Morgan fingerprint density at radius 2 is 1.21 bits per heavy atom. The SMILES string of the molecule is CCOP(C)(=O)c1ccc(/C=N/O)cc1.CCOP(C)(=O)c1ccc(C=O)cc1. The third-order valence-corrected chi connectivity index (χ3v) is 7.79. The minimum absolute atomic E-state index is 0.420. The molecule has 0 heterocycles. The van der Waals surface area contributed by atoms with Gasteiger partial charge >= 0.3 is 0 Å². The minimum Gasteiger partial charge on any atom is -0.411 e. The second kappa shape index (κ2) is 11.8. The first-order valence-corrected chi connectivity index (χ1v) is 13.1. The van der Waals surface area contributed by atoms with Crippen LogP contribution in [0, 0.1) is 0 Å². The summed E-state index contributed by atoms with van der Waals surface area (Å²) in [6.07, 6.45) is 2.07. The number of hydrogen-bond donors (Lipinski definition) is 1. The summed E-state index contributed by atoms with van der Waals surface area (Å²) in [6, 6.07) is 13.5. The maximum atomic E-state index is 12.0. The van der Waals surface area contributed by atoms with Crippen molar-refractivity contribution in [3.63, 3.8) is 0 Å². The molecule has 0 fully saturated rings. The van der Waals surface area contributed by atoms with Crippen molar-refractivity contribution in [1.29, 1.82) is 0 Å². The Balaban J connectivity index is 0.000000291. The third-order valence-electron chi connectivity index (χ3n) is 3.82. The molecule has 158 valence electrons. The largest absolute Gasteiger partial charge is 0.411 e. The summed E-state index contributed by atoms with van der Waals surface area (Å²) in [7, 11) is -5.38. The van der Waals surface area contributed by atoms with Gasteiger partial charge in [0.25, 0.3) is 0 Å². The highest BCUT2D eigenvalue weighted by Crippen LogP contribution is 2.41. The predicted octanol–water partition coefficient (Wildman–Crippen LogP) is 4.13. The highest BCUT2D eigenvalue weighted by atomic mass is 31.2. The van der Waals surface area contributed by atoms with Crippen molar-refractivity contribution in [1.82, 2.24) is 0 Å². The number of carbonyl (C=O) groups is 1. The van der Waals surface area contributed by atoms with E-state index in [1.807, 2.05) is 6.92 Å². The Labute approximate surface area is 171 Å². The molecule has 0 aliphatic rings. The van der Waals surface area contributed by atoms with E-state index >= 15 is 0 Å². The number of hydrogen-bond acceptors (Lipinski definition) is 7. The lowest BCUT2D eigenvalue weighted by Gasteiger charge is -2.12. The second-order valence-electron chi connectivity index (χ2n) is 6.07. The van der Waals surface area contributed by atoms with E-state index in [9.17, 15) is 13.9 Å². The molecule has 0 amide bonds. The van der Waals surface area contributed by atoms with Gasteiger partial charge in [-0.1, -0.05) is 29.4 Å². The molecule has 0 saturated heterocycles. The molecule has 29 heavy (non-hydrogen) atoms. The highest BCUT2D eigenvalue weighted by Gasteiger charge is 2.18. The van der Waals surface area contributed by atoms with E-state index in [2.05, 4.69) is 5.16 Å². The Bertz CT molecular complexity index is 894. The van der Waals surface area contributed by atoms with Gasteiger partial charge in [-0.3, -0.25) is 13.9 Å². The fraction of sp³-hybridized carbons (Fsp3) is 0.300. The fourth-order valence-corrected chi connectivity index (χ4v) is 5.03. The molecule has 0 saturated carbocycles. The van der Waals surface area contributed by atoms with Crippen molar-refractivity contribution >= 4 is 37.8 Å².